The Kier molecular flexibility index (Phi) is 13.3. The first-order valence-corrected chi connectivity index (χ1v) is 29.9. The van der Waals surface area contributed by atoms with Crippen molar-refractivity contribution in [1.29, 1.82) is 0 Å². The van der Waals surface area contributed by atoms with E-state index < -0.39 is 46.2 Å². The first-order valence-electron chi connectivity index (χ1n) is 29.9. The monoisotopic (exact) mass is 1100 g/mol. The number of carbonyl (C=O) groups excluding carboxylic acids is 2. The molecule has 15 heteroatoms. The summed E-state index contributed by atoms with van der Waals surface area (Å²) < 4.78 is 82.3. The Morgan fingerprint density at radius 1 is 0.675 bits per heavy atom. The van der Waals surface area contributed by atoms with E-state index in [-0.39, 0.29) is 110 Å². The van der Waals surface area contributed by atoms with Crippen LogP contribution < -0.4 is 0 Å². The Morgan fingerprint density at radius 2 is 1.43 bits per heavy atom. The van der Waals surface area contributed by atoms with Crippen LogP contribution in [-0.4, -0.2) is 155 Å². The van der Waals surface area contributed by atoms with Crippen LogP contribution in [0.15, 0.2) is 90.6 Å². The van der Waals surface area contributed by atoms with Gasteiger partial charge in [0.05, 0.1) is 113 Å². The normalized spacial score (nSPS) is 47.5. The number of ether oxygens (including phenoxy) is 12. The summed E-state index contributed by atoms with van der Waals surface area (Å²) in [5.74, 6) is -0.573. The van der Waals surface area contributed by atoms with Crippen molar-refractivity contribution >= 4 is 33.5 Å². The molecule has 11 heterocycles. The number of rotatable bonds is 5. The summed E-state index contributed by atoms with van der Waals surface area (Å²) in [6.07, 6.45) is 8.37. The second-order valence-electron chi connectivity index (χ2n) is 27.0. The van der Waals surface area contributed by atoms with Gasteiger partial charge in [0, 0.05) is 51.0 Å². The topological polar surface area (TPSA) is 165 Å². The Balaban J connectivity index is 0.605. The lowest BCUT2D eigenvalue weighted by atomic mass is 9.72. The third-order valence-corrected chi connectivity index (χ3v) is 21.0. The second-order valence-corrected chi connectivity index (χ2v) is 27.0. The zero-order valence-corrected chi connectivity index (χ0v) is 47.4. The van der Waals surface area contributed by atoms with E-state index in [1.54, 1.807) is 12.1 Å². The van der Waals surface area contributed by atoms with Crippen LogP contribution in [0, 0.1) is 5.92 Å². The number of aliphatic hydroxyl groups excluding tert-OH is 1. The maximum Gasteiger partial charge on any atom is 0.338 e. The zero-order valence-electron chi connectivity index (χ0n) is 47.4. The van der Waals surface area contributed by atoms with E-state index in [9.17, 15) is 14.7 Å². The molecule has 0 spiro atoms. The molecule has 10 unspecified atom stereocenters. The summed E-state index contributed by atoms with van der Waals surface area (Å²) in [6, 6.07) is 18.0. The highest BCUT2D eigenvalue weighted by Crippen LogP contribution is 2.55. The first kappa shape index (κ1) is 53.9. The average molecular weight is 1100 g/mol. The molecule has 80 heavy (non-hydrogen) atoms. The molecule has 0 aliphatic carbocycles. The molecule has 11 aliphatic heterocycles. The number of benzene rings is 3. The lowest BCUT2D eigenvalue weighted by Crippen LogP contribution is -2.70. The summed E-state index contributed by atoms with van der Waals surface area (Å²) in [7, 11) is 0. The van der Waals surface area contributed by atoms with Crippen LogP contribution in [0.1, 0.15) is 136 Å². The number of esters is 2. The maximum absolute atomic E-state index is 13.3. The zero-order chi connectivity index (χ0) is 55.3. The van der Waals surface area contributed by atoms with Crippen LogP contribution in [0.3, 0.4) is 0 Å². The molecule has 11 aliphatic rings. The molecule has 0 amide bonds. The molecule has 14 rings (SSSR count). The minimum Gasteiger partial charge on any atom is -0.458 e. The summed E-state index contributed by atoms with van der Waals surface area (Å²) >= 11 is 0. The van der Waals surface area contributed by atoms with Crippen molar-refractivity contribution in [2.24, 2.45) is 5.92 Å². The van der Waals surface area contributed by atoms with Crippen molar-refractivity contribution in [2.75, 3.05) is 6.61 Å². The van der Waals surface area contributed by atoms with Crippen molar-refractivity contribution in [3.63, 3.8) is 0 Å². The van der Waals surface area contributed by atoms with Crippen LogP contribution in [0.2, 0.25) is 0 Å². The molecule has 3 aromatic carbocycles. The molecule has 1 N–H and O–H groups in total. The summed E-state index contributed by atoms with van der Waals surface area (Å²) in [4.78, 5) is 25.6. The fourth-order valence-electron chi connectivity index (χ4n) is 16.3. The van der Waals surface area contributed by atoms with Crippen molar-refractivity contribution in [1.82, 2.24) is 0 Å². The maximum atomic E-state index is 13.3. The minimum atomic E-state index is -0.960. The third-order valence-electron chi connectivity index (χ3n) is 21.0. The van der Waals surface area contributed by atoms with Crippen molar-refractivity contribution in [3.05, 3.63) is 96.1 Å². The fourth-order valence-corrected chi connectivity index (χ4v) is 16.3. The molecular formula is C65H80O15. The predicted molar refractivity (Wildman–Crippen MR) is 294 cm³/mol. The van der Waals surface area contributed by atoms with E-state index in [1.165, 1.54) is 0 Å². The first-order chi connectivity index (χ1) is 38.2. The molecule has 9 fully saturated rings. The highest BCUT2D eigenvalue weighted by atomic mass is 16.7. The molecule has 0 bridgehead atoms. The van der Waals surface area contributed by atoms with Gasteiger partial charge in [0.15, 0.2) is 0 Å². The lowest BCUT2D eigenvalue weighted by molar-refractivity contribution is -0.356. The number of hydrogen-bond donors (Lipinski definition) is 1. The molecule has 0 saturated carbocycles. The molecule has 15 nitrogen and oxygen atoms in total. The lowest BCUT2D eigenvalue weighted by Gasteiger charge is -2.60. The molecule has 9 saturated heterocycles. The van der Waals surface area contributed by atoms with Gasteiger partial charge in [0.2, 0.25) is 0 Å². The van der Waals surface area contributed by atoms with Crippen molar-refractivity contribution < 1.29 is 71.5 Å². The molecule has 23 atom stereocenters. The van der Waals surface area contributed by atoms with E-state index >= 15 is 0 Å². The molecule has 430 valence electrons. The quantitative estimate of drug-likeness (QED) is 0.146. The Hall–Kier alpha value is -4.10. The van der Waals surface area contributed by atoms with Crippen molar-refractivity contribution in [2.45, 2.75) is 257 Å². The van der Waals surface area contributed by atoms with Gasteiger partial charge in [-0.2, -0.15) is 0 Å². The molecular weight excluding hydrogens is 1020 g/mol. The Bertz CT molecular complexity index is 3010. The molecule has 3 aromatic rings. The van der Waals surface area contributed by atoms with E-state index in [2.05, 4.69) is 77.6 Å². The Labute approximate surface area is 469 Å². The van der Waals surface area contributed by atoms with E-state index in [1.807, 2.05) is 38.1 Å². The van der Waals surface area contributed by atoms with Gasteiger partial charge in [-0.3, -0.25) is 0 Å². The number of aliphatic hydroxyl groups is 1. The number of hydrogen-bond acceptors (Lipinski definition) is 15. The van der Waals surface area contributed by atoms with Gasteiger partial charge < -0.3 is 61.9 Å². The highest BCUT2D eigenvalue weighted by Gasteiger charge is 2.64. The van der Waals surface area contributed by atoms with E-state index in [4.69, 9.17) is 56.8 Å². The summed E-state index contributed by atoms with van der Waals surface area (Å²) in [6.45, 7) is 19.2. The van der Waals surface area contributed by atoms with Gasteiger partial charge in [-0.05, 0) is 137 Å². The fraction of sp³-hybridized carbons (Fsp3) is 0.662. The van der Waals surface area contributed by atoms with Gasteiger partial charge in [-0.15, -0.1) is 0 Å². The number of carbonyl (C=O) groups is 2. The van der Waals surface area contributed by atoms with E-state index in [0.717, 1.165) is 46.4 Å². The third kappa shape index (κ3) is 9.35. The minimum absolute atomic E-state index is 0.0466. The van der Waals surface area contributed by atoms with Gasteiger partial charge >= 0.3 is 11.9 Å². The van der Waals surface area contributed by atoms with Crippen LogP contribution in [-0.2, 0) is 61.6 Å². The Morgan fingerprint density at radius 3 is 2.25 bits per heavy atom. The van der Waals surface area contributed by atoms with E-state index in [0.29, 0.717) is 68.9 Å². The van der Waals surface area contributed by atoms with Crippen LogP contribution >= 0.6 is 0 Å². The SMILES string of the molecule is C=C(COC(=O)c1ccc2cc3ccccc3cc2c1)C[C@@H]1C[C@H](O)[C@]2(C)O[C@@H]3C[C@@H]4O[C@@H]5C[C@]6(C)O[C@]7(C)CC[C@@H]8OC9C[C@]%10(C)O[C@@H]%11C(C)=CC(=O)OC%11CC%10OC9C[C@@H](C)C8OC7CC6O[C@@]5(C)CC=CC4OC3CC2O1. The molecule has 0 aromatic heterocycles. The smallest absolute Gasteiger partial charge is 0.338 e. The van der Waals surface area contributed by atoms with Crippen LogP contribution in [0.25, 0.3) is 21.5 Å². The van der Waals surface area contributed by atoms with Crippen LogP contribution in [0.4, 0.5) is 0 Å². The van der Waals surface area contributed by atoms with Gasteiger partial charge in [-0.25, -0.2) is 9.59 Å². The van der Waals surface area contributed by atoms with Gasteiger partial charge in [-0.1, -0.05) is 56.0 Å². The second kappa shape index (κ2) is 19.8. The highest BCUT2D eigenvalue weighted by molar-refractivity contribution is 6.01. The van der Waals surface area contributed by atoms with Crippen molar-refractivity contribution in [3.8, 4) is 0 Å². The largest absolute Gasteiger partial charge is 0.458 e. The van der Waals surface area contributed by atoms with Gasteiger partial charge in [0.25, 0.3) is 0 Å². The van der Waals surface area contributed by atoms with Crippen LogP contribution in [0.5, 0.6) is 0 Å². The predicted octanol–water partition coefficient (Wildman–Crippen LogP) is 9.44. The molecule has 0 radical (unpaired) electrons. The summed E-state index contributed by atoms with van der Waals surface area (Å²) in [5.41, 5.74) is -1.35. The summed E-state index contributed by atoms with van der Waals surface area (Å²) in [5, 5.41) is 16.2. The standard InChI is InChI=1S/C65H80O15/c1-34(33-69-60(68)40-16-15-39-23-37-12-9-10-13-38(37)24-41(39)25-40)20-42-26-51(66)65(8)55(70-42)28-47-48(77-65)27-46-43(71-47)14-11-18-61(4)56(74-46)32-64(7)54(78-61)30-53-62(5,80-64)19-17-44-58(76-53)35(2)21-45-50(72-44)31-63(6)52(73-45)29-49-59(79-63)36(3)22-57(67)75-49/h9-16,22-25,35,42-56,58-59,66H,1,17-21,26-33H2,2-8H3/t35-,42-,43?,44+,45?,46+,47?,48-,49?,50?,51+,52?,53?,54?,55?,56-,58?,59-,61+,62-,63+,64+,65+/m1/s1. The van der Waals surface area contributed by atoms with Gasteiger partial charge in [0.1, 0.15) is 30.5 Å². The number of fused-ring (bicyclic) bond motifs is 12. The average Bonchev–Trinajstić information content (AvgIpc) is 3.74.